The van der Waals surface area contributed by atoms with Crippen LogP contribution in [0.2, 0.25) is 5.02 Å². The molecule has 1 N–H and O–H groups in total. The maximum Gasteiger partial charge on any atom is 0.356 e. The lowest BCUT2D eigenvalue weighted by molar-refractivity contribution is -0.142. The Morgan fingerprint density at radius 1 is 1.19 bits per heavy atom. The van der Waals surface area contributed by atoms with Gasteiger partial charge in [-0.15, -0.1) is 0 Å². The molecule has 2 aromatic rings. The summed E-state index contributed by atoms with van der Waals surface area (Å²) in [6, 6.07) is 14.0. The van der Waals surface area contributed by atoms with E-state index in [4.69, 9.17) is 21.1 Å². The number of nitrogens with one attached hydrogen (secondary N) is 1. The van der Waals surface area contributed by atoms with Crippen molar-refractivity contribution in [2.75, 3.05) is 11.9 Å². The van der Waals surface area contributed by atoms with Gasteiger partial charge in [0.2, 0.25) is 0 Å². The third kappa shape index (κ3) is 3.92. The van der Waals surface area contributed by atoms with E-state index >= 15 is 0 Å². The molecular weight excluding hydrogens is 422 g/mol. The molecule has 1 heterocycles. The monoisotopic (exact) mass is 435 g/mol. The number of benzene rings is 2. The molecule has 5 nitrogen and oxygen atoms in total. The van der Waals surface area contributed by atoms with E-state index in [1.165, 1.54) is 0 Å². The number of anilines is 1. The number of halogens is 2. The van der Waals surface area contributed by atoms with Gasteiger partial charge < -0.3 is 14.8 Å². The van der Waals surface area contributed by atoms with E-state index in [0.717, 1.165) is 4.47 Å². The highest BCUT2D eigenvalue weighted by Crippen LogP contribution is 2.37. The molecule has 7 heteroatoms. The van der Waals surface area contributed by atoms with Crippen molar-refractivity contribution in [3.05, 3.63) is 74.9 Å². The molecule has 0 saturated carbocycles. The van der Waals surface area contributed by atoms with Crippen LogP contribution in [0.4, 0.5) is 5.69 Å². The Kier molecular flexibility index (Phi) is 5.64. The highest BCUT2D eigenvalue weighted by atomic mass is 79.9. The van der Waals surface area contributed by atoms with Crippen LogP contribution >= 0.6 is 27.5 Å². The molecule has 3 rings (SSSR count). The number of carbonyl (C=O) groups is 2. The lowest BCUT2D eigenvalue weighted by Gasteiger charge is -2.13. The second-order valence-corrected chi connectivity index (χ2v) is 6.83. The molecule has 0 spiro atoms. The Balaban J connectivity index is 2.01. The highest BCUT2D eigenvalue weighted by Gasteiger charge is 2.40. The van der Waals surface area contributed by atoms with Gasteiger partial charge in [-0.25, -0.2) is 9.59 Å². The standard InChI is InChI=1S/C19H15BrClNO4/c1-2-25-18(23)15-16(22-14-9-5-12(20)6-10-14)19(24)26-17(15)11-3-7-13(21)8-4-11/h3-10,17,22H,2H2,1H3. The minimum atomic E-state index is -0.850. The lowest BCUT2D eigenvalue weighted by Crippen LogP contribution is -2.16. The van der Waals surface area contributed by atoms with Crippen LogP contribution < -0.4 is 5.32 Å². The number of cyclic esters (lactones) is 1. The molecule has 0 bridgehead atoms. The third-order valence-corrected chi connectivity index (χ3v) is 4.52. The van der Waals surface area contributed by atoms with Gasteiger partial charge in [-0.3, -0.25) is 0 Å². The Morgan fingerprint density at radius 2 is 1.85 bits per heavy atom. The van der Waals surface area contributed by atoms with Gasteiger partial charge in [-0.2, -0.15) is 0 Å². The first-order valence-electron chi connectivity index (χ1n) is 7.90. The average Bonchev–Trinajstić information content (AvgIpc) is 2.94. The summed E-state index contributed by atoms with van der Waals surface area (Å²) < 4.78 is 11.5. The third-order valence-electron chi connectivity index (χ3n) is 3.74. The number of ether oxygens (including phenoxy) is 2. The van der Waals surface area contributed by atoms with Gasteiger partial charge in [0.05, 0.1) is 6.61 Å². The van der Waals surface area contributed by atoms with Gasteiger partial charge in [0.15, 0.2) is 6.10 Å². The van der Waals surface area contributed by atoms with E-state index in [9.17, 15) is 9.59 Å². The SMILES string of the molecule is CCOC(=O)C1=C(Nc2ccc(Br)cc2)C(=O)OC1c1ccc(Cl)cc1. The molecule has 1 aliphatic heterocycles. The van der Waals surface area contributed by atoms with Crippen LogP contribution in [0, 0.1) is 0 Å². The number of rotatable bonds is 5. The normalized spacial score (nSPS) is 16.4. The quantitative estimate of drug-likeness (QED) is 0.692. The first-order chi connectivity index (χ1) is 12.5. The van der Waals surface area contributed by atoms with E-state index in [2.05, 4.69) is 21.2 Å². The molecule has 0 amide bonds. The van der Waals surface area contributed by atoms with Gasteiger partial charge in [-0.1, -0.05) is 39.7 Å². The van der Waals surface area contributed by atoms with Crippen molar-refractivity contribution in [3.8, 4) is 0 Å². The smallest absolute Gasteiger partial charge is 0.356 e. The van der Waals surface area contributed by atoms with Gasteiger partial charge in [-0.05, 0) is 48.9 Å². The fourth-order valence-corrected chi connectivity index (χ4v) is 2.94. The Hall–Kier alpha value is -2.31. The van der Waals surface area contributed by atoms with Gasteiger partial charge in [0, 0.05) is 15.2 Å². The van der Waals surface area contributed by atoms with Gasteiger partial charge >= 0.3 is 11.9 Å². The largest absolute Gasteiger partial charge is 0.462 e. The Bertz CT molecular complexity index is 862. The van der Waals surface area contributed by atoms with Crippen LogP contribution in [0.15, 0.2) is 64.3 Å². The van der Waals surface area contributed by atoms with Crippen LogP contribution in [-0.4, -0.2) is 18.5 Å². The van der Waals surface area contributed by atoms with Crippen LogP contribution in [-0.2, 0) is 19.1 Å². The topological polar surface area (TPSA) is 64.6 Å². The van der Waals surface area contributed by atoms with Gasteiger partial charge in [0.25, 0.3) is 0 Å². The minimum absolute atomic E-state index is 0.0747. The fraction of sp³-hybridized carbons (Fsp3) is 0.158. The lowest BCUT2D eigenvalue weighted by atomic mass is 10.0. The zero-order valence-electron chi connectivity index (χ0n) is 13.8. The van der Waals surface area contributed by atoms with Crippen LogP contribution in [0.25, 0.3) is 0 Å². The number of esters is 2. The first kappa shape index (κ1) is 18.5. The molecule has 134 valence electrons. The zero-order valence-corrected chi connectivity index (χ0v) is 16.1. The summed E-state index contributed by atoms with van der Waals surface area (Å²) in [5.41, 5.74) is 1.50. The maximum atomic E-state index is 12.5. The molecule has 0 aromatic heterocycles. The highest BCUT2D eigenvalue weighted by molar-refractivity contribution is 9.10. The molecule has 26 heavy (non-hydrogen) atoms. The molecule has 0 saturated heterocycles. The summed E-state index contributed by atoms with van der Waals surface area (Å²) >= 11 is 9.27. The van der Waals surface area contributed by atoms with E-state index in [1.54, 1.807) is 43.3 Å². The molecule has 0 fully saturated rings. The van der Waals surface area contributed by atoms with Crippen molar-refractivity contribution < 1.29 is 19.1 Å². The van der Waals surface area contributed by atoms with Crippen molar-refractivity contribution in [2.45, 2.75) is 13.0 Å². The summed E-state index contributed by atoms with van der Waals surface area (Å²) in [5, 5.41) is 3.52. The van der Waals surface area contributed by atoms with Gasteiger partial charge in [0.1, 0.15) is 11.3 Å². The Morgan fingerprint density at radius 3 is 2.46 bits per heavy atom. The van der Waals surface area contributed by atoms with Crippen LogP contribution in [0.3, 0.4) is 0 Å². The maximum absolute atomic E-state index is 12.5. The van der Waals surface area contributed by atoms with E-state index in [-0.39, 0.29) is 17.9 Å². The van der Waals surface area contributed by atoms with Crippen LogP contribution in [0.1, 0.15) is 18.6 Å². The predicted molar refractivity (Wildman–Crippen MR) is 102 cm³/mol. The van der Waals surface area contributed by atoms with Crippen molar-refractivity contribution in [1.82, 2.24) is 0 Å². The van der Waals surface area contributed by atoms with Crippen molar-refractivity contribution in [3.63, 3.8) is 0 Å². The second-order valence-electron chi connectivity index (χ2n) is 5.48. The molecule has 2 aromatic carbocycles. The van der Waals surface area contributed by atoms with E-state index < -0.39 is 18.0 Å². The Labute approximate surface area is 164 Å². The van der Waals surface area contributed by atoms with E-state index in [0.29, 0.717) is 16.3 Å². The molecule has 1 atom stereocenters. The van der Waals surface area contributed by atoms with Crippen molar-refractivity contribution in [2.24, 2.45) is 0 Å². The summed E-state index contributed by atoms with van der Waals surface area (Å²) in [6.45, 7) is 1.89. The number of hydrogen-bond donors (Lipinski definition) is 1. The predicted octanol–water partition coefficient (Wildman–Crippen LogP) is 4.63. The zero-order chi connectivity index (χ0) is 18.7. The number of hydrogen-bond acceptors (Lipinski definition) is 5. The van der Waals surface area contributed by atoms with Crippen molar-refractivity contribution in [1.29, 1.82) is 0 Å². The summed E-state index contributed by atoms with van der Waals surface area (Å²) in [7, 11) is 0. The first-order valence-corrected chi connectivity index (χ1v) is 9.07. The molecule has 1 unspecified atom stereocenters. The minimum Gasteiger partial charge on any atom is -0.462 e. The molecular formula is C19H15BrClNO4. The average molecular weight is 437 g/mol. The van der Waals surface area contributed by atoms with Crippen LogP contribution in [0.5, 0.6) is 0 Å². The summed E-state index contributed by atoms with van der Waals surface area (Å²) in [6.07, 6.45) is -0.850. The summed E-state index contributed by atoms with van der Waals surface area (Å²) in [4.78, 5) is 24.9. The molecule has 0 aliphatic carbocycles. The fourth-order valence-electron chi connectivity index (χ4n) is 2.55. The molecule has 0 radical (unpaired) electrons. The summed E-state index contributed by atoms with van der Waals surface area (Å²) in [5.74, 6) is -1.21. The number of carbonyl (C=O) groups excluding carboxylic acids is 2. The van der Waals surface area contributed by atoms with E-state index in [1.807, 2.05) is 12.1 Å². The molecule has 1 aliphatic rings. The van der Waals surface area contributed by atoms with Crippen molar-refractivity contribution >= 4 is 45.2 Å². The second kappa shape index (κ2) is 7.93.